The zero-order valence-corrected chi connectivity index (χ0v) is 11.7. The lowest BCUT2D eigenvalue weighted by Crippen LogP contribution is -2.31. The van der Waals surface area contributed by atoms with Gasteiger partial charge in [0.05, 0.1) is 6.04 Å². The Bertz CT molecular complexity index is 563. The molecule has 0 bridgehead atoms. The van der Waals surface area contributed by atoms with Crippen LogP contribution in [0.25, 0.3) is 0 Å². The fourth-order valence-corrected chi connectivity index (χ4v) is 2.02. The molecule has 2 aromatic carbocycles. The zero-order chi connectivity index (χ0) is 14.5. The first kappa shape index (κ1) is 14.3. The number of aliphatic hydroxyl groups excluding tert-OH is 1. The number of amides is 1. The highest BCUT2D eigenvalue weighted by Gasteiger charge is 2.19. The van der Waals surface area contributed by atoms with E-state index >= 15 is 0 Å². The lowest BCUT2D eigenvalue weighted by molar-refractivity contribution is -0.130. The third kappa shape index (κ3) is 3.45. The third-order valence-corrected chi connectivity index (χ3v) is 3.30. The summed E-state index contributed by atoms with van der Waals surface area (Å²) in [6, 6.07) is 16.8. The van der Waals surface area contributed by atoms with Crippen LogP contribution in [-0.2, 0) is 4.79 Å². The van der Waals surface area contributed by atoms with Gasteiger partial charge in [0.2, 0.25) is 0 Å². The molecule has 2 aromatic rings. The van der Waals surface area contributed by atoms with Crippen molar-refractivity contribution in [1.82, 2.24) is 5.32 Å². The first-order chi connectivity index (χ1) is 9.58. The molecular formula is C17H19NO2. The molecule has 2 atom stereocenters. The Morgan fingerprint density at radius 1 is 1.00 bits per heavy atom. The van der Waals surface area contributed by atoms with Crippen LogP contribution < -0.4 is 5.32 Å². The third-order valence-electron chi connectivity index (χ3n) is 3.30. The van der Waals surface area contributed by atoms with Crippen LogP contribution in [0, 0.1) is 6.92 Å². The monoisotopic (exact) mass is 269 g/mol. The molecule has 0 heterocycles. The number of aryl methyl sites for hydroxylation is 1. The number of rotatable bonds is 4. The van der Waals surface area contributed by atoms with E-state index in [1.54, 1.807) is 24.3 Å². The van der Waals surface area contributed by atoms with Crippen molar-refractivity contribution >= 4 is 5.91 Å². The molecule has 2 N–H and O–H groups in total. The minimum atomic E-state index is -1.14. The topological polar surface area (TPSA) is 49.3 Å². The van der Waals surface area contributed by atoms with Gasteiger partial charge in [0.1, 0.15) is 0 Å². The van der Waals surface area contributed by atoms with E-state index in [0.717, 1.165) is 5.56 Å². The molecular weight excluding hydrogens is 250 g/mol. The number of benzene rings is 2. The van der Waals surface area contributed by atoms with Gasteiger partial charge >= 0.3 is 0 Å². The highest BCUT2D eigenvalue weighted by molar-refractivity contribution is 5.82. The van der Waals surface area contributed by atoms with Crippen LogP contribution in [0.1, 0.15) is 35.8 Å². The molecule has 0 fully saturated rings. The van der Waals surface area contributed by atoms with E-state index in [-0.39, 0.29) is 11.9 Å². The zero-order valence-electron chi connectivity index (χ0n) is 11.7. The van der Waals surface area contributed by atoms with Crippen molar-refractivity contribution < 1.29 is 9.90 Å². The van der Waals surface area contributed by atoms with E-state index in [1.807, 2.05) is 44.2 Å². The molecule has 3 heteroatoms. The fourth-order valence-electron chi connectivity index (χ4n) is 2.02. The van der Waals surface area contributed by atoms with Crippen LogP contribution in [0.15, 0.2) is 54.6 Å². The molecule has 1 amide bonds. The number of hydrogen-bond donors (Lipinski definition) is 2. The van der Waals surface area contributed by atoms with E-state index < -0.39 is 6.10 Å². The molecule has 0 aliphatic heterocycles. The number of nitrogens with one attached hydrogen (secondary N) is 1. The molecule has 2 unspecified atom stereocenters. The van der Waals surface area contributed by atoms with Crippen molar-refractivity contribution in [3.8, 4) is 0 Å². The van der Waals surface area contributed by atoms with Gasteiger partial charge in [-0.3, -0.25) is 4.79 Å². The maximum absolute atomic E-state index is 12.0. The Kier molecular flexibility index (Phi) is 4.53. The van der Waals surface area contributed by atoms with E-state index in [9.17, 15) is 9.90 Å². The van der Waals surface area contributed by atoms with Crippen LogP contribution in [0.2, 0.25) is 0 Å². The first-order valence-electron chi connectivity index (χ1n) is 6.68. The van der Waals surface area contributed by atoms with E-state index in [4.69, 9.17) is 0 Å². The second kappa shape index (κ2) is 6.35. The fraction of sp³-hybridized carbons (Fsp3) is 0.235. The molecule has 0 aliphatic carbocycles. The molecule has 0 radical (unpaired) electrons. The summed E-state index contributed by atoms with van der Waals surface area (Å²) in [6.45, 7) is 3.92. The van der Waals surface area contributed by atoms with Crippen molar-refractivity contribution in [2.24, 2.45) is 0 Å². The number of aliphatic hydroxyl groups is 1. The van der Waals surface area contributed by atoms with Crippen molar-refractivity contribution in [3.05, 3.63) is 71.3 Å². The van der Waals surface area contributed by atoms with Gasteiger partial charge in [0, 0.05) is 0 Å². The van der Waals surface area contributed by atoms with Gasteiger partial charge in [0.25, 0.3) is 5.91 Å². The second-order valence-corrected chi connectivity index (χ2v) is 4.95. The Morgan fingerprint density at radius 2 is 1.60 bits per heavy atom. The van der Waals surface area contributed by atoms with Crippen molar-refractivity contribution in [2.45, 2.75) is 26.0 Å². The average Bonchev–Trinajstić information content (AvgIpc) is 2.48. The predicted molar refractivity (Wildman–Crippen MR) is 79.1 cm³/mol. The molecule has 0 aliphatic rings. The summed E-state index contributed by atoms with van der Waals surface area (Å²) in [4.78, 5) is 12.0. The molecule has 104 valence electrons. The van der Waals surface area contributed by atoms with Gasteiger partial charge in [-0.05, 0) is 25.0 Å². The summed E-state index contributed by atoms with van der Waals surface area (Å²) < 4.78 is 0. The van der Waals surface area contributed by atoms with Gasteiger partial charge in [-0.25, -0.2) is 0 Å². The summed E-state index contributed by atoms with van der Waals surface area (Å²) in [7, 11) is 0. The number of carbonyl (C=O) groups excluding carboxylic acids is 1. The predicted octanol–water partition coefficient (Wildman–Crippen LogP) is 2.91. The maximum Gasteiger partial charge on any atom is 0.253 e. The van der Waals surface area contributed by atoms with Crippen molar-refractivity contribution in [1.29, 1.82) is 0 Å². The Balaban J connectivity index is 2.02. The van der Waals surface area contributed by atoms with Crippen molar-refractivity contribution in [2.75, 3.05) is 0 Å². The molecule has 2 rings (SSSR count). The standard InChI is InChI=1S/C17H19NO2/c1-12-8-10-14(11-9-12)13(2)18-17(20)16(19)15-6-4-3-5-7-15/h3-11,13,16,19H,1-2H3,(H,18,20). The smallest absolute Gasteiger partial charge is 0.253 e. The normalized spacial score (nSPS) is 13.6. The van der Waals surface area contributed by atoms with Crippen LogP contribution in [-0.4, -0.2) is 11.0 Å². The minimum absolute atomic E-state index is 0.138. The lowest BCUT2D eigenvalue weighted by Gasteiger charge is -2.17. The molecule has 20 heavy (non-hydrogen) atoms. The van der Waals surface area contributed by atoms with Crippen molar-refractivity contribution in [3.63, 3.8) is 0 Å². The van der Waals surface area contributed by atoms with Crippen LogP contribution >= 0.6 is 0 Å². The SMILES string of the molecule is Cc1ccc(C(C)NC(=O)C(O)c2ccccc2)cc1. The van der Waals surface area contributed by atoms with Crippen LogP contribution in [0.5, 0.6) is 0 Å². The molecule has 0 aromatic heterocycles. The Morgan fingerprint density at radius 3 is 2.20 bits per heavy atom. The second-order valence-electron chi connectivity index (χ2n) is 4.95. The van der Waals surface area contributed by atoms with Gasteiger partial charge < -0.3 is 10.4 Å². The molecule has 0 saturated carbocycles. The van der Waals surface area contributed by atoms with Gasteiger partial charge in [-0.15, -0.1) is 0 Å². The largest absolute Gasteiger partial charge is 0.378 e. The highest BCUT2D eigenvalue weighted by Crippen LogP contribution is 2.17. The summed E-state index contributed by atoms with van der Waals surface area (Å²) in [6.07, 6.45) is -1.14. The number of hydrogen-bond acceptors (Lipinski definition) is 2. The summed E-state index contributed by atoms with van der Waals surface area (Å²) in [5.74, 6) is -0.385. The minimum Gasteiger partial charge on any atom is -0.378 e. The van der Waals surface area contributed by atoms with Crippen LogP contribution in [0.3, 0.4) is 0 Å². The quantitative estimate of drug-likeness (QED) is 0.896. The lowest BCUT2D eigenvalue weighted by atomic mass is 10.1. The summed E-state index contributed by atoms with van der Waals surface area (Å²) >= 11 is 0. The van der Waals surface area contributed by atoms with Gasteiger partial charge in [-0.2, -0.15) is 0 Å². The molecule has 0 spiro atoms. The Hall–Kier alpha value is -2.13. The maximum atomic E-state index is 12.0. The van der Waals surface area contributed by atoms with Gasteiger partial charge in [-0.1, -0.05) is 60.2 Å². The number of carbonyl (C=O) groups is 1. The average molecular weight is 269 g/mol. The van der Waals surface area contributed by atoms with E-state index in [1.165, 1.54) is 5.56 Å². The van der Waals surface area contributed by atoms with Gasteiger partial charge in [0.15, 0.2) is 6.10 Å². The highest BCUT2D eigenvalue weighted by atomic mass is 16.3. The summed E-state index contributed by atoms with van der Waals surface area (Å²) in [5.41, 5.74) is 2.79. The summed E-state index contributed by atoms with van der Waals surface area (Å²) in [5, 5.41) is 12.8. The Labute approximate surface area is 119 Å². The molecule has 3 nitrogen and oxygen atoms in total. The van der Waals surface area contributed by atoms with E-state index in [2.05, 4.69) is 5.32 Å². The first-order valence-corrected chi connectivity index (χ1v) is 6.68. The van der Waals surface area contributed by atoms with Crippen LogP contribution in [0.4, 0.5) is 0 Å². The van der Waals surface area contributed by atoms with E-state index in [0.29, 0.717) is 5.56 Å². The molecule has 0 saturated heterocycles.